The van der Waals surface area contributed by atoms with Crippen LogP contribution in [-0.2, 0) is 9.47 Å². The van der Waals surface area contributed by atoms with Gasteiger partial charge in [0.25, 0.3) is 0 Å². The summed E-state index contributed by atoms with van der Waals surface area (Å²) in [6, 6.07) is 6.64. The van der Waals surface area contributed by atoms with E-state index in [4.69, 9.17) is 9.47 Å². The molecule has 0 radical (unpaired) electrons. The average molecular weight is 256 g/mol. The van der Waals surface area contributed by atoms with E-state index in [0.29, 0.717) is 25.4 Å². The highest BCUT2D eigenvalue weighted by Gasteiger charge is 2.05. The molecular formula is C13H21FN2O2. The van der Waals surface area contributed by atoms with Crippen LogP contribution in [0.1, 0.15) is 0 Å². The monoisotopic (exact) mass is 256 g/mol. The first kappa shape index (κ1) is 14.9. The Hall–Kier alpha value is -1.17. The summed E-state index contributed by atoms with van der Waals surface area (Å²) in [6.07, 6.45) is 0.0449. The van der Waals surface area contributed by atoms with Gasteiger partial charge in [-0.1, -0.05) is 12.1 Å². The number of anilines is 1. The Morgan fingerprint density at radius 2 is 2.00 bits per heavy atom. The quantitative estimate of drug-likeness (QED) is 0.657. The molecule has 0 aliphatic heterocycles. The largest absolute Gasteiger partial charge is 0.382 e. The maximum absolute atomic E-state index is 13.3. The van der Waals surface area contributed by atoms with E-state index < -0.39 is 0 Å². The number of methoxy groups -OCH3 is 2. The Morgan fingerprint density at radius 3 is 2.67 bits per heavy atom. The highest BCUT2D eigenvalue weighted by Crippen LogP contribution is 2.11. The number of nitrogens with one attached hydrogen (secondary N) is 2. The Bertz CT molecular complexity index is 337. The number of hydrogen-bond acceptors (Lipinski definition) is 4. The van der Waals surface area contributed by atoms with Crippen LogP contribution in [0.2, 0.25) is 0 Å². The van der Waals surface area contributed by atoms with Crippen molar-refractivity contribution in [2.45, 2.75) is 6.10 Å². The molecule has 1 unspecified atom stereocenters. The second kappa shape index (κ2) is 8.85. The lowest BCUT2D eigenvalue weighted by Crippen LogP contribution is -2.34. The van der Waals surface area contributed by atoms with Gasteiger partial charge in [0.05, 0.1) is 18.4 Å². The molecule has 0 fully saturated rings. The topological polar surface area (TPSA) is 42.5 Å². The summed E-state index contributed by atoms with van der Waals surface area (Å²) in [5, 5.41) is 6.25. The van der Waals surface area contributed by atoms with Gasteiger partial charge in [-0.2, -0.15) is 0 Å². The summed E-state index contributed by atoms with van der Waals surface area (Å²) in [4.78, 5) is 0. The number of rotatable bonds is 9. The summed E-state index contributed by atoms with van der Waals surface area (Å²) in [7, 11) is 3.30. The lowest BCUT2D eigenvalue weighted by Gasteiger charge is -2.15. The van der Waals surface area contributed by atoms with Crippen LogP contribution < -0.4 is 10.6 Å². The standard InChI is InChI=1S/C13H21FN2O2/c1-17-10-11(18-2)9-15-7-8-16-13-6-4-3-5-12(13)14/h3-6,11,15-16H,7-10H2,1-2H3. The predicted octanol–water partition coefficient (Wildman–Crippen LogP) is 1.49. The molecule has 0 bridgehead atoms. The lowest BCUT2D eigenvalue weighted by atomic mass is 10.3. The summed E-state index contributed by atoms with van der Waals surface area (Å²) >= 11 is 0. The van der Waals surface area contributed by atoms with Crippen LogP contribution in [0, 0.1) is 5.82 Å². The first-order chi connectivity index (χ1) is 8.77. The molecule has 2 N–H and O–H groups in total. The molecule has 18 heavy (non-hydrogen) atoms. The number of benzene rings is 1. The molecule has 1 atom stereocenters. The SMILES string of the molecule is COCC(CNCCNc1ccccc1F)OC. The lowest BCUT2D eigenvalue weighted by molar-refractivity contribution is 0.0292. The van der Waals surface area contributed by atoms with E-state index in [1.54, 1.807) is 32.4 Å². The van der Waals surface area contributed by atoms with Gasteiger partial charge < -0.3 is 20.1 Å². The molecule has 4 nitrogen and oxygen atoms in total. The van der Waals surface area contributed by atoms with Crippen LogP contribution in [-0.4, -0.2) is 46.6 Å². The molecule has 0 spiro atoms. The summed E-state index contributed by atoms with van der Waals surface area (Å²) < 4.78 is 23.5. The van der Waals surface area contributed by atoms with Gasteiger partial charge >= 0.3 is 0 Å². The van der Waals surface area contributed by atoms with Crippen LogP contribution in [0.25, 0.3) is 0 Å². The van der Waals surface area contributed by atoms with Crippen LogP contribution in [0.4, 0.5) is 10.1 Å². The third-order valence-electron chi connectivity index (χ3n) is 2.55. The van der Waals surface area contributed by atoms with Crippen LogP contribution in [0.15, 0.2) is 24.3 Å². The zero-order valence-electron chi connectivity index (χ0n) is 10.9. The van der Waals surface area contributed by atoms with Crippen LogP contribution in [0.3, 0.4) is 0 Å². The minimum Gasteiger partial charge on any atom is -0.382 e. The van der Waals surface area contributed by atoms with E-state index in [1.807, 2.05) is 0 Å². The van der Waals surface area contributed by atoms with Crippen molar-refractivity contribution >= 4 is 5.69 Å². The highest BCUT2D eigenvalue weighted by molar-refractivity contribution is 5.44. The van der Waals surface area contributed by atoms with E-state index in [-0.39, 0.29) is 11.9 Å². The maximum Gasteiger partial charge on any atom is 0.146 e. The molecule has 5 heteroatoms. The minimum atomic E-state index is -0.230. The first-order valence-corrected chi connectivity index (χ1v) is 5.98. The summed E-state index contributed by atoms with van der Waals surface area (Å²) in [6.45, 7) is 2.66. The van der Waals surface area contributed by atoms with Gasteiger partial charge in [0.15, 0.2) is 0 Å². The summed E-state index contributed by atoms with van der Waals surface area (Å²) in [5.74, 6) is -0.230. The predicted molar refractivity (Wildman–Crippen MR) is 70.4 cm³/mol. The van der Waals surface area contributed by atoms with Crippen molar-refractivity contribution in [2.75, 3.05) is 45.8 Å². The molecule has 1 aromatic carbocycles. The fourth-order valence-corrected chi connectivity index (χ4v) is 1.55. The Labute approximate surface area is 107 Å². The van der Waals surface area contributed by atoms with E-state index in [9.17, 15) is 4.39 Å². The Morgan fingerprint density at radius 1 is 1.22 bits per heavy atom. The third kappa shape index (κ3) is 5.44. The van der Waals surface area contributed by atoms with Gasteiger partial charge in [0, 0.05) is 33.9 Å². The molecule has 0 aliphatic rings. The van der Waals surface area contributed by atoms with E-state index >= 15 is 0 Å². The molecule has 0 heterocycles. The Balaban J connectivity index is 2.13. The third-order valence-corrected chi connectivity index (χ3v) is 2.55. The number of ether oxygens (including phenoxy) is 2. The second-order valence-electron chi connectivity index (χ2n) is 3.92. The maximum atomic E-state index is 13.3. The molecule has 102 valence electrons. The van der Waals surface area contributed by atoms with E-state index in [1.165, 1.54) is 6.07 Å². The van der Waals surface area contributed by atoms with Gasteiger partial charge in [-0.3, -0.25) is 0 Å². The Kier molecular flexibility index (Phi) is 7.32. The zero-order chi connectivity index (χ0) is 13.2. The van der Waals surface area contributed by atoms with E-state index in [2.05, 4.69) is 10.6 Å². The normalized spacial score (nSPS) is 12.4. The van der Waals surface area contributed by atoms with Crippen molar-refractivity contribution in [3.63, 3.8) is 0 Å². The van der Waals surface area contributed by atoms with Gasteiger partial charge in [-0.25, -0.2) is 4.39 Å². The van der Waals surface area contributed by atoms with Crippen LogP contribution >= 0.6 is 0 Å². The van der Waals surface area contributed by atoms with Crippen molar-refractivity contribution in [2.24, 2.45) is 0 Å². The first-order valence-electron chi connectivity index (χ1n) is 5.98. The fraction of sp³-hybridized carbons (Fsp3) is 0.538. The molecular weight excluding hydrogens is 235 g/mol. The number of hydrogen-bond donors (Lipinski definition) is 2. The van der Waals surface area contributed by atoms with Crippen molar-refractivity contribution in [1.29, 1.82) is 0 Å². The second-order valence-corrected chi connectivity index (χ2v) is 3.92. The van der Waals surface area contributed by atoms with Gasteiger partial charge in [0.2, 0.25) is 0 Å². The molecule has 0 saturated heterocycles. The molecule has 0 aliphatic carbocycles. The fourth-order valence-electron chi connectivity index (χ4n) is 1.55. The molecule has 0 aromatic heterocycles. The molecule has 1 aromatic rings. The smallest absolute Gasteiger partial charge is 0.146 e. The number of para-hydroxylation sites is 1. The van der Waals surface area contributed by atoms with Crippen LogP contribution in [0.5, 0.6) is 0 Å². The van der Waals surface area contributed by atoms with Gasteiger partial charge in [-0.15, -0.1) is 0 Å². The molecule has 0 saturated carbocycles. The molecule has 1 rings (SSSR count). The number of halogens is 1. The minimum absolute atomic E-state index is 0.0449. The van der Waals surface area contributed by atoms with E-state index in [0.717, 1.165) is 6.54 Å². The zero-order valence-corrected chi connectivity index (χ0v) is 10.9. The van der Waals surface area contributed by atoms with Crippen molar-refractivity contribution in [3.05, 3.63) is 30.1 Å². The average Bonchev–Trinajstić information content (AvgIpc) is 2.39. The van der Waals surface area contributed by atoms with Crippen molar-refractivity contribution in [1.82, 2.24) is 5.32 Å². The van der Waals surface area contributed by atoms with Crippen molar-refractivity contribution in [3.8, 4) is 0 Å². The molecule has 0 amide bonds. The van der Waals surface area contributed by atoms with Gasteiger partial charge in [0.1, 0.15) is 5.82 Å². The highest BCUT2D eigenvalue weighted by atomic mass is 19.1. The summed E-state index contributed by atoms with van der Waals surface area (Å²) in [5.41, 5.74) is 0.527. The van der Waals surface area contributed by atoms with Crippen molar-refractivity contribution < 1.29 is 13.9 Å². The van der Waals surface area contributed by atoms with Gasteiger partial charge in [-0.05, 0) is 12.1 Å².